The van der Waals surface area contributed by atoms with Crippen LogP contribution in [0, 0.1) is 18.3 Å². The van der Waals surface area contributed by atoms with Crippen LogP contribution in [0.2, 0.25) is 0 Å². The van der Waals surface area contributed by atoms with Gasteiger partial charge in [0, 0.05) is 8.90 Å². The molecule has 0 atom stereocenters. The molecular weight excluding hydrogens is 357 g/mol. The van der Waals surface area contributed by atoms with Gasteiger partial charge in [-0.15, -0.1) is 0 Å². The van der Waals surface area contributed by atoms with Crippen LogP contribution >= 0.6 is 38.5 Å². The van der Waals surface area contributed by atoms with Gasteiger partial charge in [-0.3, -0.25) is 0 Å². The van der Waals surface area contributed by atoms with Gasteiger partial charge in [-0.1, -0.05) is 22.6 Å². The zero-order valence-corrected chi connectivity index (χ0v) is 11.4. The molecule has 0 heterocycles. The van der Waals surface area contributed by atoms with E-state index in [1.165, 1.54) is 0 Å². The number of halogens is 2. The number of rotatable bonds is 3. The van der Waals surface area contributed by atoms with Crippen LogP contribution in [0.1, 0.15) is 11.1 Å². The Labute approximate surface area is 106 Å². The lowest BCUT2D eigenvalue weighted by molar-refractivity contribution is 0.344. The molecule has 14 heavy (non-hydrogen) atoms. The Morgan fingerprint density at radius 1 is 1.57 bits per heavy atom. The fourth-order valence-corrected chi connectivity index (χ4v) is 1.81. The number of aryl methyl sites for hydroxylation is 1. The summed E-state index contributed by atoms with van der Waals surface area (Å²) in [6.45, 7) is 2.64. The summed E-state index contributed by atoms with van der Waals surface area (Å²) in [6, 6.07) is 5.78. The maximum Gasteiger partial charge on any atom is 0.123 e. The van der Waals surface area contributed by atoms with Gasteiger partial charge in [0.2, 0.25) is 0 Å². The van der Waals surface area contributed by atoms with E-state index in [4.69, 9.17) is 10.00 Å². The molecule has 0 radical (unpaired) electrons. The van der Waals surface area contributed by atoms with Crippen LogP contribution in [0.4, 0.5) is 0 Å². The molecule has 0 bridgehead atoms. The molecule has 4 heteroatoms. The van der Waals surface area contributed by atoms with Gasteiger partial charge in [0.1, 0.15) is 11.8 Å². The Hall–Kier alpha value is -0.280. The van der Waals surface area contributed by atoms with Gasteiger partial charge in [0.05, 0.1) is 12.2 Å². The molecule has 0 fully saturated rings. The molecule has 0 N–H and O–H groups in total. The van der Waals surface area contributed by atoms with Crippen LogP contribution in [0.15, 0.2) is 16.6 Å². The Morgan fingerprint density at radius 3 is 2.86 bits per heavy atom. The van der Waals surface area contributed by atoms with E-state index in [0.29, 0.717) is 12.2 Å². The fourth-order valence-electron chi connectivity index (χ4n) is 1.04. The molecule has 74 valence electrons. The van der Waals surface area contributed by atoms with Crippen LogP contribution in [-0.4, -0.2) is 11.0 Å². The van der Waals surface area contributed by atoms with Crippen molar-refractivity contribution in [1.29, 1.82) is 5.26 Å². The highest BCUT2D eigenvalue weighted by atomic mass is 127. The Balaban J connectivity index is 3.00. The van der Waals surface area contributed by atoms with Gasteiger partial charge >= 0.3 is 0 Å². The maximum absolute atomic E-state index is 8.82. The van der Waals surface area contributed by atoms with E-state index in [1.807, 2.05) is 13.0 Å². The quantitative estimate of drug-likeness (QED) is 0.607. The average Bonchev–Trinajstić information content (AvgIpc) is 2.17. The van der Waals surface area contributed by atoms with Crippen molar-refractivity contribution >= 4 is 38.5 Å². The third kappa shape index (κ3) is 2.85. The zero-order chi connectivity index (χ0) is 10.6. The first-order valence-corrected chi connectivity index (χ1v) is 6.40. The van der Waals surface area contributed by atoms with Gasteiger partial charge in [-0.25, -0.2) is 0 Å². The summed E-state index contributed by atoms with van der Waals surface area (Å²) in [4.78, 5) is 0. The van der Waals surface area contributed by atoms with Gasteiger partial charge in [0.25, 0.3) is 0 Å². The minimum Gasteiger partial charge on any atom is -0.492 e. The Bertz CT molecular complexity index is 373. The standard InChI is InChI=1S/C10H9BrINO/c1-7-4-9(11)8(6-13)5-10(7)14-3-2-12/h4-5H,2-3H2,1H3. The Kier molecular flexibility index (Phi) is 4.69. The lowest BCUT2D eigenvalue weighted by atomic mass is 10.1. The number of hydrogen-bond acceptors (Lipinski definition) is 2. The minimum atomic E-state index is 0.610. The molecular formula is C10H9BrINO. The van der Waals surface area contributed by atoms with Crippen molar-refractivity contribution in [2.75, 3.05) is 11.0 Å². The van der Waals surface area contributed by atoms with Crippen molar-refractivity contribution < 1.29 is 4.74 Å². The molecule has 0 unspecified atom stereocenters. The number of alkyl halides is 1. The summed E-state index contributed by atoms with van der Waals surface area (Å²) in [5.41, 5.74) is 1.65. The number of benzene rings is 1. The third-order valence-corrected chi connectivity index (χ3v) is 2.82. The molecule has 2 nitrogen and oxygen atoms in total. The molecule has 1 aromatic carbocycles. The molecule has 0 saturated heterocycles. The highest BCUT2D eigenvalue weighted by molar-refractivity contribution is 14.1. The van der Waals surface area contributed by atoms with E-state index >= 15 is 0 Å². The summed E-state index contributed by atoms with van der Waals surface area (Å²) in [5, 5.41) is 8.82. The lowest BCUT2D eigenvalue weighted by Gasteiger charge is -2.08. The second-order valence-corrected chi connectivity index (χ2v) is 4.68. The number of nitriles is 1. The molecule has 0 aliphatic heterocycles. The molecule has 0 amide bonds. The predicted molar refractivity (Wildman–Crippen MR) is 68.0 cm³/mol. The fraction of sp³-hybridized carbons (Fsp3) is 0.300. The topological polar surface area (TPSA) is 33.0 Å². The van der Waals surface area contributed by atoms with Crippen LogP contribution < -0.4 is 4.74 Å². The van der Waals surface area contributed by atoms with Gasteiger partial charge in [-0.05, 0) is 40.5 Å². The minimum absolute atomic E-state index is 0.610. The van der Waals surface area contributed by atoms with Gasteiger partial charge in [0.15, 0.2) is 0 Å². The van der Waals surface area contributed by atoms with Crippen LogP contribution in [0.5, 0.6) is 5.75 Å². The first-order chi connectivity index (χ1) is 6.69. The highest BCUT2D eigenvalue weighted by Gasteiger charge is 2.05. The van der Waals surface area contributed by atoms with E-state index < -0.39 is 0 Å². The normalized spacial score (nSPS) is 9.57. The third-order valence-electron chi connectivity index (χ3n) is 1.72. The largest absolute Gasteiger partial charge is 0.492 e. The van der Waals surface area contributed by atoms with E-state index in [0.717, 1.165) is 20.2 Å². The SMILES string of the molecule is Cc1cc(Br)c(C#N)cc1OCCI. The summed E-state index contributed by atoms with van der Waals surface area (Å²) >= 11 is 5.58. The monoisotopic (exact) mass is 365 g/mol. The van der Waals surface area contributed by atoms with Crippen molar-refractivity contribution in [3.05, 3.63) is 27.7 Å². The van der Waals surface area contributed by atoms with Crippen LogP contribution in [-0.2, 0) is 0 Å². The van der Waals surface area contributed by atoms with Gasteiger partial charge in [-0.2, -0.15) is 5.26 Å². The average molecular weight is 366 g/mol. The van der Waals surface area contributed by atoms with Crippen LogP contribution in [0.3, 0.4) is 0 Å². The van der Waals surface area contributed by atoms with E-state index in [9.17, 15) is 0 Å². The van der Waals surface area contributed by atoms with E-state index in [2.05, 4.69) is 44.6 Å². The molecule has 0 aliphatic rings. The first-order valence-electron chi connectivity index (χ1n) is 4.08. The van der Waals surface area contributed by atoms with Crippen molar-refractivity contribution in [1.82, 2.24) is 0 Å². The summed E-state index contributed by atoms with van der Waals surface area (Å²) in [5.74, 6) is 0.793. The van der Waals surface area contributed by atoms with Crippen LogP contribution in [0.25, 0.3) is 0 Å². The maximum atomic E-state index is 8.82. The van der Waals surface area contributed by atoms with E-state index in [-0.39, 0.29) is 0 Å². The lowest BCUT2D eigenvalue weighted by Crippen LogP contribution is -1.99. The highest BCUT2D eigenvalue weighted by Crippen LogP contribution is 2.26. The number of ether oxygens (including phenoxy) is 1. The second-order valence-electron chi connectivity index (χ2n) is 2.75. The first kappa shape index (κ1) is 11.8. The Morgan fingerprint density at radius 2 is 2.29 bits per heavy atom. The van der Waals surface area contributed by atoms with Gasteiger partial charge < -0.3 is 4.74 Å². The van der Waals surface area contributed by atoms with E-state index in [1.54, 1.807) is 6.07 Å². The molecule has 1 aromatic rings. The molecule has 0 spiro atoms. The molecule has 1 rings (SSSR count). The predicted octanol–water partition coefficient (Wildman–Crippen LogP) is 3.44. The number of hydrogen-bond donors (Lipinski definition) is 0. The second kappa shape index (κ2) is 5.56. The molecule has 0 aliphatic carbocycles. The smallest absolute Gasteiger partial charge is 0.123 e. The molecule has 0 saturated carbocycles. The number of nitrogens with zero attached hydrogens (tertiary/aromatic N) is 1. The summed E-state index contributed by atoms with van der Waals surface area (Å²) in [6.07, 6.45) is 0. The van der Waals surface area contributed by atoms with Crippen molar-refractivity contribution in [3.8, 4) is 11.8 Å². The van der Waals surface area contributed by atoms with Crippen molar-refractivity contribution in [2.24, 2.45) is 0 Å². The molecule has 0 aromatic heterocycles. The van der Waals surface area contributed by atoms with Crippen molar-refractivity contribution in [2.45, 2.75) is 6.92 Å². The van der Waals surface area contributed by atoms with Crippen molar-refractivity contribution in [3.63, 3.8) is 0 Å². The summed E-state index contributed by atoms with van der Waals surface area (Å²) < 4.78 is 7.26. The zero-order valence-electron chi connectivity index (χ0n) is 7.68. The summed E-state index contributed by atoms with van der Waals surface area (Å²) in [7, 11) is 0.